The molecule has 1 amide bonds. The van der Waals surface area contributed by atoms with Crippen LogP contribution in [-0.2, 0) is 22.8 Å². The summed E-state index contributed by atoms with van der Waals surface area (Å²) in [5.41, 5.74) is 1.86. The summed E-state index contributed by atoms with van der Waals surface area (Å²) in [4.78, 5) is 16.4. The SMILES string of the molecule is CCOc1ccc(CNC(=O)c2nc(CCS(=O)(=O)c3ccc(C)cc3)no2)cc1. The van der Waals surface area contributed by atoms with Crippen molar-refractivity contribution in [2.75, 3.05) is 12.4 Å². The minimum absolute atomic E-state index is 0.0475. The number of nitrogens with zero attached hydrogens (tertiary/aromatic N) is 2. The minimum atomic E-state index is -3.47. The van der Waals surface area contributed by atoms with Crippen molar-refractivity contribution in [3.05, 3.63) is 71.4 Å². The van der Waals surface area contributed by atoms with E-state index in [0.29, 0.717) is 6.61 Å². The van der Waals surface area contributed by atoms with Crippen LogP contribution in [0.4, 0.5) is 0 Å². The third kappa shape index (κ3) is 5.66. The number of sulfone groups is 1. The number of nitrogens with one attached hydrogen (secondary N) is 1. The number of rotatable bonds is 9. The van der Waals surface area contributed by atoms with Gasteiger partial charge in [0, 0.05) is 13.0 Å². The van der Waals surface area contributed by atoms with Crippen LogP contribution < -0.4 is 10.1 Å². The molecule has 0 aliphatic rings. The van der Waals surface area contributed by atoms with Crippen molar-refractivity contribution in [2.45, 2.75) is 31.7 Å². The summed E-state index contributed by atoms with van der Waals surface area (Å²) in [6, 6.07) is 14.0. The molecule has 0 bridgehead atoms. The second-order valence-corrected chi connectivity index (χ2v) is 8.77. The van der Waals surface area contributed by atoms with Gasteiger partial charge in [0.05, 0.1) is 17.3 Å². The van der Waals surface area contributed by atoms with Crippen LogP contribution in [-0.4, -0.2) is 36.8 Å². The van der Waals surface area contributed by atoms with Crippen LogP contribution in [0, 0.1) is 6.92 Å². The maximum atomic E-state index is 12.4. The summed E-state index contributed by atoms with van der Waals surface area (Å²) >= 11 is 0. The summed E-state index contributed by atoms with van der Waals surface area (Å²) in [6.07, 6.45) is 0.0475. The smallest absolute Gasteiger partial charge is 0.315 e. The van der Waals surface area contributed by atoms with E-state index in [1.165, 1.54) is 0 Å². The quantitative estimate of drug-likeness (QED) is 0.557. The van der Waals surface area contributed by atoms with Crippen molar-refractivity contribution in [3.63, 3.8) is 0 Å². The van der Waals surface area contributed by atoms with E-state index in [1.54, 1.807) is 24.3 Å². The molecule has 158 valence electrons. The second kappa shape index (κ2) is 9.53. The number of carbonyl (C=O) groups excluding carboxylic acids is 1. The Labute approximate surface area is 175 Å². The van der Waals surface area contributed by atoms with Gasteiger partial charge in [0.2, 0.25) is 0 Å². The molecule has 0 aliphatic heterocycles. The number of hydrogen-bond acceptors (Lipinski definition) is 7. The maximum absolute atomic E-state index is 12.4. The Morgan fingerprint density at radius 1 is 1.10 bits per heavy atom. The van der Waals surface area contributed by atoms with E-state index < -0.39 is 15.7 Å². The van der Waals surface area contributed by atoms with E-state index in [-0.39, 0.29) is 35.3 Å². The predicted octanol–water partition coefficient (Wildman–Crippen LogP) is 2.72. The van der Waals surface area contributed by atoms with E-state index in [9.17, 15) is 13.2 Å². The van der Waals surface area contributed by atoms with Crippen LogP contribution in [0.25, 0.3) is 0 Å². The molecule has 8 nitrogen and oxygen atoms in total. The number of carbonyl (C=O) groups is 1. The monoisotopic (exact) mass is 429 g/mol. The highest BCUT2D eigenvalue weighted by atomic mass is 32.2. The van der Waals surface area contributed by atoms with E-state index in [0.717, 1.165) is 16.9 Å². The fourth-order valence-corrected chi connectivity index (χ4v) is 3.90. The first-order valence-corrected chi connectivity index (χ1v) is 11.1. The van der Waals surface area contributed by atoms with Crippen molar-refractivity contribution < 1.29 is 22.5 Å². The Balaban J connectivity index is 1.53. The van der Waals surface area contributed by atoms with Gasteiger partial charge in [0.15, 0.2) is 15.7 Å². The predicted molar refractivity (Wildman–Crippen MR) is 110 cm³/mol. The van der Waals surface area contributed by atoms with Crippen LogP contribution in [0.15, 0.2) is 57.9 Å². The number of benzene rings is 2. The lowest BCUT2D eigenvalue weighted by Crippen LogP contribution is -2.23. The van der Waals surface area contributed by atoms with Crippen LogP contribution >= 0.6 is 0 Å². The van der Waals surface area contributed by atoms with Gasteiger partial charge in [-0.05, 0) is 43.7 Å². The highest BCUT2D eigenvalue weighted by Crippen LogP contribution is 2.14. The van der Waals surface area contributed by atoms with E-state index in [1.807, 2.05) is 38.1 Å². The largest absolute Gasteiger partial charge is 0.494 e. The van der Waals surface area contributed by atoms with Crippen molar-refractivity contribution >= 4 is 15.7 Å². The summed E-state index contributed by atoms with van der Waals surface area (Å²) in [6.45, 7) is 4.66. The fourth-order valence-electron chi connectivity index (χ4n) is 2.66. The molecule has 2 aromatic carbocycles. The first kappa shape index (κ1) is 21.5. The minimum Gasteiger partial charge on any atom is -0.494 e. The molecule has 30 heavy (non-hydrogen) atoms. The number of aromatic nitrogens is 2. The Morgan fingerprint density at radius 3 is 2.47 bits per heavy atom. The number of amides is 1. The zero-order chi connectivity index (χ0) is 21.6. The molecule has 0 radical (unpaired) electrons. The third-order valence-electron chi connectivity index (χ3n) is 4.32. The first-order chi connectivity index (χ1) is 14.4. The lowest BCUT2D eigenvalue weighted by molar-refractivity contribution is 0.0907. The highest BCUT2D eigenvalue weighted by Gasteiger charge is 2.19. The van der Waals surface area contributed by atoms with E-state index in [4.69, 9.17) is 9.26 Å². The van der Waals surface area contributed by atoms with Gasteiger partial charge in [-0.1, -0.05) is 35.0 Å². The van der Waals surface area contributed by atoms with Crippen LogP contribution in [0.2, 0.25) is 0 Å². The first-order valence-electron chi connectivity index (χ1n) is 9.49. The summed E-state index contributed by atoms with van der Waals surface area (Å²) in [5, 5.41) is 6.40. The Kier molecular flexibility index (Phi) is 6.83. The molecule has 0 saturated heterocycles. The lowest BCUT2D eigenvalue weighted by atomic mass is 10.2. The average Bonchev–Trinajstić information content (AvgIpc) is 3.21. The van der Waals surface area contributed by atoms with Gasteiger partial charge < -0.3 is 14.6 Å². The van der Waals surface area contributed by atoms with E-state index >= 15 is 0 Å². The molecule has 3 aromatic rings. The molecule has 9 heteroatoms. The zero-order valence-corrected chi connectivity index (χ0v) is 17.6. The molecule has 0 spiro atoms. The van der Waals surface area contributed by atoms with Crippen LogP contribution in [0.5, 0.6) is 5.75 Å². The maximum Gasteiger partial charge on any atom is 0.315 e. The van der Waals surface area contributed by atoms with E-state index in [2.05, 4.69) is 15.5 Å². The molecule has 1 heterocycles. The van der Waals surface area contributed by atoms with Gasteiger partial charge in [-0.2, -0.15) is 4.98 Å². The normalized spacial score (nSPS) is 11.3. The Morgan fingerprint density at radius 2 is 1.80 bits per heavy atom. The molecule has 0 fully saturated rings. The topological polar surface area (TPSA) is 111 Å². The molecule has 1 N–H and O–H groups in total. The fraction of sp³-hybridized carbons (Fsp3) is 0.286. The standard InChI is InChI=1S/C21H23N3O5S/c1-3-28-17-8-6-16(7-9-17)14-22-20(25)21-23-19(24-29-21)12-13-30(26,27)18-10-4-15(2)5-11-18/h4-11H,3,12-14H2,1-2H3,(H,22,25). The highest BCUT2D eigenvalue weighted by molar-refractivity contribution is 7.91. The summed E-state index contributed by atoms with van der Waals surface area (Å²) in [5.74, 6) is 0.0161. The Hall–Kier alpha value is -3.20. The zero-order valence-electron chi connectivity index (χ0n) is 16.8. The Bertz CT molecular complexity index is 1090. The molecule has 0 unspecified atom stereocenters. The number of hydrogen-bond donors (Lipinski definition) is 1. The molecular weight excluding hydrogens is 406 g/mol. The van der Waals surface area contributed by atoms with Crippen molar-refractivity contribution in [3.8, 4) is 5.75 Å². The third-order valence-corrected chi connectivity index (χ3v) is 6.06. The molecule has 0 aliphatic carbocycles. The van der Waals surface area contributed by atoms with Crippen LogP contribution in [0.1, 0.15) is 34.6 Å². The van der Waals surface area contributed by atoms with Gasteiger partial charge in [0.25, 0.3) is 0 Å². The second-order valence-electron chi connectivity index (χ2n) is 6.66. The van der Waals surface area contributed by atoms with Crippen LogP contribution in [0.3, 0.4) is 0 Å². The number of aryl methyl sites for hydroxylation is 2. The summed E-state index contributed by atoms with van der Waals surface area (Å²) < 4.78 is 35.2. The van der Waals surface area contributed by atoms with Crippen molar-refractivity contribution in [1.29, 1.82) is 0 Å². The molecule has 0 atom stereocenters. The van der Waals surface area contributed by atoms with Gasteiger partial charge in [-0.25, -0.2) is 8.42 Å². The number of ether oxygens (including phenoxy) is 1. The van der Waals surface area contributed by atoms with Gasteiger partial charge in [-0.3, -0.25) is 4.79 Å². The van der Waals surface area contributed by atoms with Gasteiger partial charge in [0.1, 0.15) is 5.75 Å². The summed E-state index contributed by atoms with van der Waals surface area (Å²) in [7, 11) is -3.47. The molecule has 1 aromatic heterocycles. The average molecular weight is 429 g/mol. The molecule has 3 rings (SSSR count). The van der Waals surface area contributed by atoms with Gasteiger partial charge >= 0.3 is 11.8 Å². The van der Waals surface area contributed by atoms with Crippen molar-refractivity contribution in [2.24, 2.45) is 0 Å². The lowest BCUT2D eigenvalue weighted by Gasteiger charge is -2.05. The van der Waals surface area contributed by atoms with Crippen molar-refractivity contribution in [1.82, 2.24) is 15.5 Å². The molecule has 0 saturated carbocycles. The van der Waals surface area contributed by atoms with Gasteiger partial charge in [-0.15, -0.1) is 0 Å². The molecular formula is C21H23N3O5S.